The minimum Gasteiger partial charge on any atom is -0.466 e. The lowest BCUT2D eigenvalue weighted by molar-refractivity contribution is -0.140. The largest absolute Gasteiger partial charge is 0.466 e. The fraction of sp³-hybridized carbons (Fsp3) is 0.800. The number of carbonyl (C=O) groups excluding carboxylic acids is 2. The average Bonchev–Trinajstić information content (AvgIpc) is 2.17. The number of carbonyl (C=O) groups is 2. The fourth-order valence-electron chi connectivity index (χ4n) is 1.16. The van der Waals surface area contributed by atoms with Gasteiger partial charge in [-0.3, -0.25) is 9.59 Å². The number of esters is 2. The summed E-state index contributed by atoms with van der Waals surface area (Å²) in [5.74, 6) is -1.03. The Bertz CT molecular complexity index is 263. The first kappa shape index (κ1) is 15.2. The lowest BCUT2D eigenvalue weighted by atomic mass is 10.7. The van der Waals surface area contributed by atoms with Gasteiger partial charge in [0.15, 0.2) is 0 Å². The summed E-state index contributed by atoms with van der Waals surface area (Å²) in [7, 11) is -2.82. The fourth-order valence-corrected chi connectivity index (χ4v) is 2.85. The molecule has 0 aromatic rings. The van der Waals surface area contributed by atoms with E-state index in [1.54, 1.807) is 20.8 Å². The third-order valence-corrected chi connectivity index (χ3v) is 4.84. The van der Waals surface area contributed by atoms with Gasteiger partial charge < -0.3 is 14.0 Å². The molecule has 6 heteroatoms. The van der Waals surface area contributed by atoms with Crippen molar-refractivity contribution < 1.29 is 23.6 Å². The monoisotopic (exact) mass is 250 g/mol. The Kier molecular flexibility index (Phi) is 7.06. The van der Waals surface area contributed by atoms with Crippen LogP contribution in [0.15, 0.2) is 0 Å². The maximum Gasteiger partial charge on any atom is 0.313 e. The zero-order valence-electron chi connectivity index (χ0n) is 10.0. The minimum absolute atomic E-state index is 0.184. The second kappa shape index (κ2) is 7.44. The van der Waals surface area contributed by atoms with E-state index in [1.807, 2.05) is 0 Å². The third kappa shape index (κ3) is 5.91. The summed E-state index contributed by atoms with van der Waals surface area (Å²) in [5, 5.41) is 0. The van der Waals surface area contributed by atoms with E-state index in [0.29, 0.717) is 6.16 Å². The molecule has 0 rings (SSSR count). The van der Waals surface area contributed by atoms with Crippen LogP contribution in [0.5, 0.6) is 0 Å². The molecule has 0 aromatic heterocycles. The molecule has 0 radical (unpaired) electrons. The normalized spacial score (nSPS) is 10.9. The molecule has 0 aliphatic carbocycles. The van der Waals surface area contributed by atoms with Crippen LogP contribution in [0.3, 0.4) is 0 Å². The summed E-state index contributed by atoms with van der Waals surface area (Å²) in [6.07, 6.45) is -0.0725. The first-order valence-electron chi connectivity index (χ1n) is 5.35. The molecule has 0 amide bonds. The average molecular weight is 250 g/mol. The highest BCUT2D eigenvalue weighted by molar-refractivity contribution is 7.65. The van der Waals surface area contributed by atoms with Gasteiger partial charge in [-0.25, -0.2) is 0 Å². The van der Waals surface area contributed by atoms with Crippen LogP contribution in [0.1, 0.15) is 20.8 Å². The molecule has 16 heavy (non-hydrogen) atoms. The quantitative estimate of drug-likeness (QED) is 0.506. The predicted molar refractivity (Wildman–Crippen MR) is 61.1 cm³/mol. The molecule has 5 nitrogen and oxygen atoms in total. The summed E-state index contributed by atoms with van der Waals surface area (Å²) >= 11 is 0. The van der Waals surface area contributed by atoms with Gasteiger partial charge in [0.1, 0.15) is 7.14 Å². The van der Waals surface area contributed by atoms with Crippen molar-refractivity contribution in [1.82, 2.24) is 0 Å². The van der Waals surface area contributed by atoms with Crippen LogP contribution in [0.2, 0.25) is 0 Å². The molecule has 0 spiro atoms. The summed E-state index contributed by atoms with van der Waals surface area (Å²) in [6.45, 7) is 5.56. The van der Waals surface area contributed by atoms with Crippen molar-refractivity contribution >= 4 is 19.1 Å². The minimum atomic E-state index is -2.82. The van der Waals surface area contributed by atoms with Crippen molar-refractivity contribution in [3.05, 3.63) is 0 Å². The van der Waals surface area contributed by atoms with Crippen LogP contribution in [0.4, 0.5) is 0 Å². The van der Waals surface area contributed by atoms with Gasteiger partial charge in [0.05, 0.1) is 25.5 Å². The molecule has 0 saturated carbocycles. The van der Waals surface area contributed by atoms with Crippen molar-refractivity contribution in [2.45, 2.75) is 20.8 Å². The van der Waals surface area contributed by atoms with Crippen molar-refractivity contribution in [2.75, 3.05) is 31.7 Å². The van der Waals surface area contributed by atoms with Gasteiger partial charge in [0, 0.05) is 0 Å². The van der Waals surface area contributed by atoms with Gasteiger partial charge in [-0.2, -0.15) is 0 Å². The van der Waals surface area contributed by atoms with E-state index in [9.17, 15) is 14.2 Å². The maximum atomic E-state index is 12.2. The van der Waals surface area contributed by atoms with Crippen LogP contribution in [-0.4, -0.2) is 43.6 Å². The van der Waals surface area contributed by atoms with Crippen molar-refractivity contribution in [2.24, 2.45) is 0 Å². The lowest BCUT2D eigenvalue weighted by Gasteiger charge is -2.14. The zero-order chi connectivity index (χ0) is 12.6. The highest BCUT2D eigenvalue weighted by Gasteiger charge is 2.28. The van der Waals surface area contributed by atoms with E-state index in [0.717, 1.165) is 0 Å². The molecule has 94 valence electrons. The van der Waals surface area contributed by atoms with Crippen LogP contribution in [0, 0.1) is 0 Å². The highest BCUT2D eigenvalue weighted by atomic mass is 31.2. The molecule has 0 atom stereocenters. The lowest BCUT2D eigenvalue weighted by Crippen LogP contribution is -2.17. The topological polar surface area (TPSA) is 69.7 Å². The van der Waals surface area contributed by atoms with E-state index >= 15 is 0 Å². The first-order valence-corrected chi connectivity index (χ1v) is 7.62. The number of hydrogen-bond donors (Lipinski definition) is 0. The number of hydrogen-bond acceptors (Lipinski definition) is 5. The molecule has 0 fully saturated rings. The van der Waals surface area contributed by atoms with Gasteiger partial charge in [0.25, 0.3) is 0 Å². The van der Waals surface area contributed by atoms with Gasteiger partial charge >= 0.3 is 11.9 Å². The molecule has 0 aromatic carbocycles. The Morgan fingerprint density at radius 3 is 1.56 bits per heavy atom. The second-order valence-electron chi connectivity index (χ2n) is 3.30. The molecular formula is C10H19O5P. The van der Waals surface area contributed by atoms with Gasteiger partial charge in [-0.15, -0.1) is 0 Å². The van der Waals surface area contributed by atoms with E-state index in [2.05, 4.69) is 0 Å². The Morgan fingerprint density at radius 1 is 0.938 bits per heavy atom. The molecular weight excluding hydrogens is 231 g/mol. The van der Waals surface area contributed by atoms with Gasteiger partial charge in [-0.1, -0.05) is 6.92 Å². The molecule has 0 aliphatic heterocycles. The third-order valence-electron chi connectivity index (χ3n) is 2.02. The summed E-state index contributed by atoms with van der Waals surface area (Å²) in [4.78, 5) is 22.4. The highest BCUT2D eigenvalue weighted by Crippen LogP contribution is 2.44. The van der Waals surface area contributed by atoms with E-state index in [-0.39, 0.29) is 25.5 Å². The van der Waals surface area contributed by atoms with E-state index in [4.69, 9.17) is 9.47 Å². The molecule has 0 N–H and O–H groups in total. The SMILES string of the molecule is CCOC(=O)CP(=O)(CC)CC(=O)OCC. The van der Waals surface area contributed by atoms with Gasteiger partial charge in [-0.05, 0) is 20.0 Å². The van der Waals surface area contributed by atoms with Crippen molar-refractivity contribution in [1.29, 1.82) is 0 Å². The van der Waals surface area contributed by atoms with E-state index < -0.39 is 19.1 Å². The molecule has 0 unspecified atom stereocenters. The summed E-state index contributed by atoms with van der Waals surface area (Å²) in [6, 6.07) is 0. The van der Waals surface area contributed by atoms with Crippen LogP contribution in [-0.2, 0) is 23.6 Å². The van der Waals surface area contributed by atoms with Crippen molar-refractivity contribution in [3.63, 3.8) is 0 Å². The number of ether oxygens (including phenoxy) is 2. The molecule has 0 heterocycles. The molecule has 0 bridgehead atoms. The Morgan fingerprint density at radius 2 is 1.31 bits per heavy atom. The van der Waals surface area contributed by atoms with Gasteiger partial charge in [0.2, 0.25) is 0 Å². The van der Waals surface area contributed by atoms with E-state index in [1.165, 1.54) is 0 Å². The first-order chi connectivity index (χ1) is 7.47. The zero-order valence-corrected chi connectivity index (χ0v) is 10.9. The standard InChI is InChI=1S/C10H19O5P/c1-4-14-9(11)7-16(13,6-3)8-10(12)15-5-2/h4-8H2,1-3H3. The van der Waals surface area contributed by atoms with Crippen LogP contribution < -0.4 is 0 Å². The second-order valence-corrected chi connectivity index (χ2v) is 6.68. The Labute approximate surface area is 95.9 Å². The number of rotatable bonds is 7. The molecule has 0 saturated heterocycles. The Hall–Kier alpha value is -0.830. The summed E-state index contributed by atoms with van der Waals surface area (Å²) < 4.78 is 21.6. The van der Waals surface area contributed by atoms with Crippen LogP contribution >= 0.6 is 7.14 Å². The predicted octanol–water partition coefficient (Wildman–Crippen LogP) is 1.50. The van der Waals surface area contributed by atoms with Crippen LogP contribution in [0.25, 0.3) is 0 Å². The summed E-state index contributed by atoms with van der Waals surface area (Å²) in [5.41, 5.74) is 0. The Balaban J connectivity index is 4.36. The van der Waals surface area contributed by atoms with Crippen molar-refractivity contribution in [3.8, 4) is 0 Å². The maximum absolute atomic E-state index is 12.2. The molecule has 0 aliphatic rings. The smallest absolute Gasteiger partial charge is 0.313 e.